The molecule has 9 nitrogen and oxygen atoms in total. The van der Waals surface area contributed by atoms with Gasteiger partial charge in [0.2, 0.25) is 5.78 Å². The van der Waals surface area contributed by atoms with E-state index in [1.165, 1.54) is 43.3 Å². The number of likely N-dealkylation sites (N-methyl/N-ethyl adjacent to an activating group) is 1. The molecule has 0 spiro atoms. The van der Waals surface area contributed by atoms with Gasteiger partial charge in [-0.3, -0.25) is 19.3 Å². The number of nitrogens with zero attached hydrogens (tertiary/aromatic N) is 1. The van der Waals surface area contributed by atoms with Gasteiger partial charge in [0.15, 0.2) is 11.4 Å². The molecule has 37 heavy (non-hydrogen) atoms. The smallest absolute Gasteiger partial charge is 0.255 e. The highest BCUT2D eigenvalue weighted by Gasteiger charge is 2.64. The number of primary amides is 1. The fraction of sp³-hybridized carbons (Fsp3) is 0.296. The summed E-state index contributed by atoms with van der Waals surface area (Å²) in [5.74, 6) is -7.60. The molecule has 1 saturated carbocycles. The summed E-state index contributed by atoms with van der Waals surface area (Å²) in [6, 6.07) is 7.53. The van der Waals surface area contributed by atoms with Crippen molar-refractivity contribution < 1.29 is 39.2 Å². The second-order valence-corrected chi connectivity index (χ2v) is 9.96. The van der Waals surface area contributed by atoms with Crippen LogP contribution in [0.5, 0.6) is 5.75 Å². The molecule has 3 aliphatic rings. The summed E-state index contributed by atoms with van der Waals surface area (Å²) >= 11 is 0. The highest BCUT2D eigenvalue weighted by Crippen LogP contribution is 2.53. The number of amides is 1. The van der Waals surface area contributed by atoms with Crippen LogP contribution in [-0.2, 0) is 20.8 Å². The first-order chi connectivity index (χ1) is 17.4. The molecular formula is C27H25FN2O7. The molecule has 6 N–H and O–H groups in total. The minimum absolute atomic E-state index is 0.0238. The zero-order chi connectivity index (χ0) is 27.0. The standard InChI is InChI=1S/C27H25FN2O7/c1-30(2)21-16-10-12-9-15-14(11-4-3-5-13(28)8-11)6-7-17(31)19(15)22(32)18(12)24(34)27(16,37)25(35)20(23(21)33)26(29)36/h3-8,12,16,21,31-32,35,37H,9-10H2,1-2H3,(H2,29,36)/t12-,16-,21-,27-/m0/s1. The molecule has 1 fully saturated rings. The third kappa shape index (κ3) is 3.32. The van der Waals surface area contributed by atoms with Crippen molar-refractivity contribution >= 4 is 23.2 Å². The summed E-state index contributed by atoms with van der Waals surface area (Å²) in [7, 11) is 3.07. The molecule has 0 bridgehead atoms. The van der Waals surface area contributed by atoms with Gasteiger partial charge in [0.05, 0.1) is 11.6 Å². The maximum atomic E-state index is 14.0. The second-order valence-electron chi connectivity index (χ2n) is 9.96. The van der Waals surface area contributed by atoms with Crippen molar-refractivity contribution in [1.29, 1.82) is 0 Å². The van der Waals surface area contributed by atoms with Gasteiger partial charge in [0.1, 0.15) is 28.7 Å². The molecule has 0 saturated heterocycles. The lowest BCUT2D eigenvalue weighted by atomic mass is 9.57. The molecule has 4 atom stereocenters. The summed E-state index contributed by atoms with van der Waals surface area (Å²) in [5, 5.41) is 44.4. The number of ketones is 2. The van der Waals surface area contributed by atoms with Gasteiger partial charge in [-0.15, -0.1) is 0 Å². The van der Waals surface area contributed by atoms with Gasteiger partial charge in [0, 0.05) is 11.5 Å². The number of rotatable bonds is 3. The number of phenols is 1. The number of hydrogen-bond acceptors (Lipinski definition) is 8. The number of aliphatic hydroxyl groups excluding tert-OH is 2. The van der Waals surface area contributed by atoms with Crippen LogP contribution in [0.2, 0.25) is 0 Å². The summed E-state index contributed by atoms with van der Waals surface area (Å²) in [6.07, 6.45) is 0.0960. The third-order valence-corrected chi connectivity index (χ3v) is 7.74. The molecule has 2 aromatic carbocycles. The van der Waals surface area contributed by atoms with Crippen LogP contribution in [0, 0.1) is 17.7 Å². The predicted octanol–water partition coefficient (Wildman–Crippen LogP) is 1.77. The highest BCUT2D eigenvalue weighted by molar-refractivity contribution is 6.24. The van der Waals surface area contributed by atoms with Crippen LogP contribution in [0.1, 0.15) is 17.5 Å². The summed E-state index contributed by atoms with van der Waals surface area (Å²) in [5.41, 5.74) is 2.99. The summed E-state index contributed by atoms with van der Waals surface area (Å²) in [4.78, 5) is 40.5. The van der Waals surface area contributed by atoms with Gasteiger partial charge in [-0.2, -0.15) is 0 Å². The van der Waals surface area contributed by atoms with Crippen LogP contribution in [0.15, 0.2) is 53.3 Å². The summed E-state index contributed by atoms with van der Waals surface area (Å²) in [6.45, 7) is 0. The maximum Gasteiger partial charge on any atom is 0.255 e. The Morgan fingerprint density at radius 3 is 2.46 bits per heavy atom. The molecule has 3 aliphatic carbocycles. The lowest BCUT2D eigenvalue weighted by molar-refractivity contribution is -0.153. The highest BCUT2D eigenvalue weighted by atomic mass is 19.1. The Bertz CT molecular complexity index is 1460. The van der Waals surface area contributed by atoms with E-state index < -0.39 is 63.9 Å². The zero-order valence-electron chi connectivity index (χ0n) is 20.0. The first kappa shape index (κ1) is 24.7. The minimum Gasteiger partial charge on any atom is -0.508 e. The van der Waals surface area contributed by atoms with E-state index in [1.54, 1.807) is 12.1 Å². The molecule has 0 aliphatic heterocycles. The van der Waals surface area contributed by atoms with Gasteiger partial charge >= 0.3 is 0 Å². The van der Waals surface area contributed by atoms with E-state index >= 15 is 0 Å². The van der Waals surface area contributed by atoms with E-state index in [1.807, 2.05) is 0 Å². The van der Waals surface area contributed by atoms with E-state index in [0.29, 0.717) is 16.7 Å². The van der Waals surface area contributed by atoms with Crippen molar-refractivity contribution in [3.8, 4) is 16.9 Å². The largest absolute Gasteiger partial charge is 0.508 e. The minimum atomic E-state index is -2.69. The number of fused-ring (bicyclic) bond motifs is 3. The predicted molar refractivity (Wildman–Crippen MR) is 130 cm³/mol. The van der Waals surface area contributed by atoms with Gasteiger partial charge in [-0.25, -0.2) is 4.39 Å². The third-order valence-electron chi connectivity index (χ3n) is 7.74. The Hall–Kier alpha value is -4.02. The van der Waals surface area contributed by atoms with Gasteiger partial charge in [-0.05, 0) is 67.7 Å². The molecule has 0 radical (unpaired) electrons. The number of aromatic hydroxyl groups is 1. The number of carbonyl (C=O) groups excluding carboxylic acids is 3. The van der Waals surface area contributed by atoms with E-state index in [4.69, 9.17) is 5.73 Å². The number of phenolic OH excluding ortho intramolecular Hbond substituents is 1. The fourth-order valence-corrected chi connectivity index (χ4v) is 6.17. The SMILES string of the molecule is CN(C)[C@@H]1C(=O)C(C(N)=O)=C(O)[C@@]2(O)C(=O)C3=C(O)c4c(O)ccc(-c5cccc(F)c5)c4C[C@H]3C[C@@H]12. The summed E-state index contributed by atoms with van der Waals surface area (Å²) < 4.78 is 14.0. The molecule has 0 heterocycles. The second kappa shape index (κ2) is 8.25. The Morgan fingerprint density at radius 2 is 1.84 bits per heavy atom. The van der Waals surface area contributed by atoms with Crippen molar-refractivity contribution in [3.05, 3.63) is 70.2 Å². The van der Waals surface area contributed by atoms with Crippen LogP contribution in [0.25, 0.3) is 16.9 Å². The van der Waals surface area contributed by atoms with Crippen molar-refractivity contribution in [1.82, 2.24) is 4.90 Å². The number of carbonyl (C=O) groups is 3. The number of Topliss-reactive ketones (excluding diaryl/α,β-unsaturated/α-hetero) is 2. The number of nitrogens with two attached hydrogens (primary N) is 1. The molecule has 192 valence electrons. The first-order valence-electron chi connectivity index (χ1n) is 11.6. The Balaban J connectivity index is 1.75. The number of hydrogen-bond donors (Lipinski definition) is 5. The molecule has 1 amide bonds. The van der Waals surface area contributed by atoms with Gasteiger partial charge < -0.3 is 26.2 Å². The van der Waals surface area contributed by atoms with Crippen molar-refractivity contribution in [2.24, 2.45) is 17.6 Å². The number of aliphatic hydroxyl groups is 3. The van der Waals surface area contributed by atoms with Crippen molar-refractivity contribution in [2.75, 3.05) is 14.1 Å². The lowest BCUT2D eigenvalue weighted by Gasteiger charge is -2.50. The van der Waals surface area contributed by atoms with Crippen LogP contribution in [-0.4, -0.2) is 68.5 Å². The zero-order valence-corrected chi connectivity index (χ0v) is 20.0. The Kier molecular flexibility index (Phi) is 5.50. The average molecular weight is 509 g/mol. The Labute approximate surface area is 210 Å². The van der Waals surface area contributed by atoms with E-state index in [2.05, 4.69) is 0 Å². The molecule has 2 aromatic rings. The first-order valence-corrected chi connectivity index (χ1v) is 11.6. The van der Waals surface area contributed by atoms with Crippen LogP contribution < -0.4 is 5.73 Å². The molecule has 5 rings (SSSR count). The quantitative estimate of drug-likeness (QED) is 0.392. The molecular weight excluding hydrogens is 483 g/mol. The van der Waals surface area contributed by atoms with Gasteiger partial charge in [0.25, 0.3) is 5.91 Å². The van der Waals surface area contributed by atoms with Crippen molar-refractivity contribution in [3.63, 3.8) is 0 Å². The number of benzene rings is 2. The molecule has 0 unspecified atom stereocenters. The van der Waals surface area contributed by atoms with Gasteiger partial charge in [-0.1, -0.05) is 18.2 Å². The molecule has 10 heteroatoms. The van der Waals surface area contributed by atoms with Crippen molar-refractivity contribution in [2.45, 2.75) is 24.5 Å². The van der Waals surface area contributed by atoms with E-state index in [9.17, 15) is 39.2 Å². The average Bonchev–Trinajstić information content (AvgIpc) is 2.81. The topological polar surface area (TPSA) is 161 Å². The lowest BCUT2D eigenvalue weighted by Crippen LogP contribution is -2.65. The van der Waals surface area contributed by atoms with Crippen LogP contribution in [0.4, 0.5) is 4.39 Å². The van der Waals surface area contributed by atoms with Crippen LogP contribution in [0.3, 0.4) is 0 Å². The van der Waals surface area contributed by atoms with E-state index in [-0.39, 0.29) is 29.7 Å². The fourth-order valence-electron chi connectivity index (χ4n) is 6.17. The Morgan fingerprint density at radius 1 is 1.14 bits per heavy atom. The number of halogens is 1. The van der Waals surface area contributed by atoms with E-state index in [0.717, 1.165) is 0 Å². The maximum absolute atomic E-state index is 14.0. The molecule has 0 aromatic heterocycles. The normalized spacial score (nSPS) is 27.2. The monoisotopic (exact) mass is 508 g/mol. The van der Waals surface area contributed by atoms with Crippen LogP contribution >= 0.6 is 0 Å².